The predicted molar refractivity (Wildman–Crippen MR) is 50.7 cm³/mol. The standard InChI is InChI=1S/C10H10ClF5O2.K/c1-8(2)4(6(8)7(17)18)3-5(11)9(12,13)10(14,15)16;/h3-4,6H,1-2H3,(H,17,18);/q;+1/p-1/b5-3-;. The van der Waals surface area contributed by atoms with Crippen LogP contribution in [0.15, 0.2) is 11.1 Å². The van der Waals surface area contributed by atoms with Crippen molar-refractivity contribution in [3.63, 3.8) is 0 Å². The molecule has 0 bridgehead atoms. The molecule has 0 spiro atoms. The Hall–Kier alpha value is 0.786. The first kappa shape index (κ1) is 19.8. The van der Waals surface area contributed by atoms with Gasteiger partial charge < -0.3 is 9.90 Å². The van der Waals surface area contributed by atoms with Crippen molar-refractivity contribution in [2.75, 3.05) is 0 Å². The van der Waals surface area contributed by atoms with Gasteiger partial charge in [-0.2, -0.15) is 22.0 Å². The molecule has 1 aliphatic carbocycles. The molecule has 9 heteroatoms. The minimum absolute atomic E-state index is 0. The number of hydrogen-bond acceptors (Lipinski definition) is 2. The van der Waals surface area contributed by atoms with E-state index in [-0.39, 0.29) is 51.4 Å². The summed E-state index contributed by atoms with van der Waals surface area (Å²) < 4.78 is 61.6. The van der Waals surface area contributed by atoms with Gasteiger partial charge in [0.05, 0.1) is 5.03 Å². The molecule has 1 rings (SSSR count). The van der Waals surface area contributed by atoms with Gasteiger partial charge >= 0.3 is 63.5 Å². The first-order chi connectivity index (χ1) is 7.83. The van der Waals surface area contributed by atoms with E-state index in [1.165, 1.54) is 13.8 Å². The van der Waals surface area contributed by atoms with Crippen molar-refractivity contribution in [1.82, 2.24) is 0 Å². The molecule has 0 aromatic heterocycles. The van der Waals surface area contributed by atoms with E-state index in [1.807, 2.05) is 0 Å². The van der Waals surface area contributed by atoms with Gasteiger partial charge in [0.15, 0.2) is 0 Å². The summed E-state index contributed by atoms with van der Waals surface area (Å²) in [4.78, 5) is 10.6. The summed E-state index contributed by atoms with van der Waals surface area (Å²) in [5.41, 5.74) is -0.944. The molecule has 2 nitrogen and oxygen atoms in total. The van der Waals surface area contributed by atoms with Gasteiger partial charge in [0.1, 0.15) is 0 Å². The van der Waals surface area contributed by atoms with E-state index >= 15 is 0 Å². The summed E-state index contributed by atoms with van der Waals surface area (Å²) >= 11 is 4.97. The zero-order valence-corrected chi connectivity index (χ0v) is 14.2. The Morgan fingerprint density at radius 3 is 1.95 bits per heavy atom. The third kappa shape index (κ3) is 3.71. The normalized spacial score (nSPS) is 26.6. The van der Waals surface area contributed by atoms with Crippen molar-refractivity contribution < 1.29 is 83.2 Å². The second-order valence-corrected chi connectivity index (χ2v) is 5.14. The van der Waals surface area contributed by atoms with Gasteiger partial charge in [0, 0.05) is 11.9 Å². The first-order valence-corrected chi connectivity index (χ1v) is 5.24. The second kappa shape index (κ2) is 5.88. The fourth-order valence-corrected chi connectivity index (χ4v) is 2.08. The number of aliphatic carboxylic acids is 1. The number of allylic oxidation sites excluding steroid dienone is 2. The summed E-state index contributed by atoms with van der Waals surface area (Å²) in [5, 5.41) is 8.91. The maximum absolute atomic E-state index is 12.8. The molecule has 0 heterocycles. The zero-order chi connectivity index (χ0) is 14.5. The molecule has 19 heavy (non-hydrogen) atoms. The number of hydrogen-bond donors (Lipinski definition) is 0. The predicted octanol–water partition coefficient (Wildman–Crippen LogP) is -0.667. The molecular formula is C10H9ClF5KO2. The smallest absolute Gasteiger partial charge is 0.550 e. The summed E-state index contributed by atoms with van der Waals surface area (Å²) in [6.45, 7) is 2.84. The van der Waals surface area contributed by atoms with Gasteiger partial charge in [-0.25, -0.2) is 0 Å². The van der Waals surface area contributed by atoms with Crippen molar-refractivity contribution in [2.24, 2.45) is 17.3 Å². The summed E-state index contributed by atoms with van der Waals surface area (Å²) in [6.07, 6.45) is -5.36. The molecule has 0 N–H and O–H groups in total. The first-order valence-electron chi connectivity index (χ1n) is 4.86. The monoisotopic (exact) mass is 330 g/mol. The molecule has 1 aliphatic rings. The van der Waals surface area contributed by atoms with Gasteiger partial charge in [-0.1, -0.05) is 31.5 Å². The zero-order valence-electron chi connectivity index (χ0n) is 10.3. The number of carboxylic acid groups (broad SMARTS) is 1. The van der Waals surface area contributed by atoms with Crippen LogP contribution in [-0.2, 0) is 4.79 Å². The van der Waals surface area contributed by atoms with E-state index in [0.29, 0.717) is 6.08 Å². The number of carbonyl (C=O) groups excluding carboxylic acids is 1. The second-order valence-electron chi connectivity index (χ2n) is 4.73. The molecule has 0 saturated heterocycles. The van der Waals surface area contributed by atoms with Gasteiger partial charge in [0.25, 0.3) is 0 Å². The van der Waals surface area contributed by atoms with Crippen molar-refractivity contribution >= 4 is 17.6 Å². The van der Waals surface area contributed by atoms with Crippen LogP contribution < -0.4 is 56.5 Å². The van der Waals surface area contributed by atoms with Crippen LogP contribution in [0.2, 0.25) is 0 Å². The topological polar surface area (TPSA) is 40.1 Å². The third-order valence-corrected chi connectivity index (χ3v) is 3.51. The van der Waals surface area contributed by atoms with E-state index < -0.39 is 40.4 Å². The largest absolute Gasteiger partial charge is 1.00 e. The Morgan fingerprint density at radius 1 is 1.26 bits per heavy atom. The Labute approximate surface area is 153 Å². The Balaban J connectivity index is 0.00000324. The van der Waals surface area contributed by atoms with Gasteiger partial charge in [-0.15, -0.1) is 0 Å². The maximum Gasteiger partial charge on any atom is 1.00 e. The third-order valence-electron chi connectivity index (χ3n) is 3.15. The average Bonchev–Trinajstić information content (AvgIpc) is 2.65. The number of alkyl halides is 5. The molecular weight excluding hydrogens is 322 g/mol. The van der Waals surface area contributed by atoms with Crippen LogP contribution in [0, 0.1) is 17.3 Å². The number of carbonyl (C=O) groups is 1. The average molecular weight is 331 g/mol. The van der Waals surface area contributed by atoms with Crippen molar-refractivity contribution in [1.29, 1.82) is 0 Å². The molecule has 1 saturated carbocycles. The van der Waals surface area contributed by atoms with E-state index in [4.69, 9.17) is 11.6 Å². The van der Waals surface area contributed by atoms with Crippen LogP contribution in [-0.4, -0.2) is 18.1 Å². The Kier molecular flexibility index (Phi) is 6.13. The fraction of sp³-hybridized carbons (Fsp3) is 0.700. The molecule has 0 radical (unpaired) electrons. The van der Waals surface area contributed by atoms with Crippen molar-refractivity contribution in [3.05, 3.63) is 11.1 Å². The van der Waals surface area contributed by atoms with E-state index in [2.05, 4.69) is 0 Å². The fourth-order valence-electron chi connectivity index (χ4n) is 1.84. The van der Waals surface area contributed by atoms with Gasteiger partial charge in [-0.05, 0) is 11.3 Å². The molecule has 0 aliphatic heterocycles. The minimum atomic E-state index is -5.81. The molecule has 2 atom stereocenters. The van der Waals surface area contributed by atoms with Crippen LogP contribution >= 0.6 is 11.6 Å². The molecule has 0 aromatic carbocycles. The van der Waals surface area contributed by atoms with Crippen molar-refractivity contribution in [2.45, 2.75) is 25.9 Å². The van der Waals surface area contributed by atoms with E-state index in [9.17, 15) is 31.9 Å². The quantitative estimate of drug-likeness (QED) is 0.509. The van der Waals surface area contributed by atoms with Crippen LogP contribution in [0.25, 0.3) is 0 Å². The van der Waals surface area contributed by atoms with Gasteiger partial charge in [-0.3, -0.25) is 0 Å². The molecule has 1 fully saturated rings. The molecule has 0 aromatic rings. The van der Waals surface area contributed by atoms with E-state index in [1.54, 1.807) is 0 Å². The SMILES string of the molecule is CC1(C)C(/C=C(\Cl)C(F)(F)C(F)(F)F)C1C(=O)[O-].[K+]. The summed E-state index contributed by atoms with van der Waals surface area (Å²) in [5.74, 6) is -8.79. The van der Waals surface area contributed by atoms with E-state index in [0.717, 1.165) is 0 Å². The van der Waals surface area contributed by atoms with Crippen LogP contribution in [0.1, 0.15) is 13.8 Å². The molecule has 0 amide bonds. The van der Waals surface area contributed by atoms with Crippen LogP contribution in [0.5, 0.6) is 0 Å². The van der Waals surface area contributed by atoms with Gasteiger partial charge in [0.2, 0.25) is 0 Å². The van der Waals surface area contributed by atoms with Crippen LogP contribution in [0.3, 0.4) is 0 Å². The van der Waals surface area contributed by atoms with Crippen LogP contribution in [0.4, 0.5) is 22.0 Å². The Morgan fingerprint density at radius 2 is 1.68 bits per heavy atom. The maximum atomic E-state index is 12.8. The number of rotatable bonds is 3. The number of halogens is 6. The molecule has 104 valence electrons. The summed E-state index contributed by atoms with van der Waals surface area (Å²) in [6, 6.07) is 0. The minimum Gasteiger partial charge on any atom is -0.550 e. The van der Waals surface area contributed by atoms with Crippen molar-refractivity contribution in [3.8, 4) is 0 Å². The Bertz CT molecular complexity index is 405. The molecule has 2 unspecified atom stereocenters. The summed E-state index contributed by atoms with van der Waals surface area (Å²) in [7, 11) is 0. The number of carboxylic acids is 1.